The molecule has 2 rings (SSSR count). The fourth-order valence-electron chi connectivity index (χ4n) is 2.52. The van der Waals surface area contributed by atoms with Gasteiger partial charge in [0.1, 0.15) is 5.75 Å². The number of benzene rings is 1. The first-order valence-electron chi connectivity index (χ1n) is 6.57. The summed E-state index contributed by atoms with van der Waals surface area (Å²) in [7, 11) is 1.90. The summed E-state index contributed by atoms with van der Waals surface area (Å²) in [6.45, 7) is 1.58. The van der Waals surface area contributed by atoms with Gasteiger partial charge in [-0.1, -0.05) is 11.6 Å². The molecule has 5 heteroatoms. The molecule has 1 aromatic rings. The highest BCUT2D eigenvalue weighted by Gasteiger charge is 2.27. The Labute approximate surface area is 118 Å². The lowest BCUT2D eigenvalue weighted by atomic mass is 10.0. The molecule has 104 valence electrons. The standard InChI is InChI=1S/C14H19ClN2O2/c1-16-9-11-4-2-3-7-17(11)14(19)10-5-6-13(18)12(15)8-10/h5-6,8,11,16,18H,2-4,7,9H2,1H3. The number of hydrogen-bond donors (Lipinski definition) is 2. The van der Waals surface area contributed by atoms with E-state index in [2.05, 4.69) is 5.32 Å². The van der Waals surface area contributed by atoms with E-state index < -0.39 is 0 Å². The van der Waals surface area contributed by atoms with E-state index in [0.29, 0.717) is 5.56 Å². The number of likely N-dealkylation sites (N-methyl/N-ethyl adjacent to an activating group) is 1. The first-order valence-corrected chi connectivity index (χ1v) is 6.95. The quantitative estimate of drug-likeness (QED) is 0.894. The van der Waals surface area contributed by atoms with Gasteiger partial charge in [-0.15, -0.1) is 0 Å². The molecular weight excluding hydrogens is 264 g/mol. The molecule has 2 N–H and O–H groups in total. The number of likely N-dealkylation sites (tertiary alicyclic amines) is 1. The number of hydrogen-bond acceptors (Lipinski definition) is 3. The van der Waals surface area contributed by atoms with E-state index in [1.807, 2.05) is 11.9 Å². The number of carbonyl (C=O) groups excluding carboxylic acids is 1. The van der Waals surface area contributed by atoms with Crippen molar-refractivity contribution >= 4 is 17.5 Å². The number of carbonyl (C=O) groups is 1. The van der Waals surface area contributed by atoms with Crippen molar-refractivity contribution in [2.75, 3.05) is 20.1 Å². The molecule has 1 aliphatic rings. The molecule has 0 saturated carbocycles. The lowest BCUT2D eigenvalue weighted by molar-refractivity contribution is 0.0615. The lowest BCUT2D eigenvalue weighted by Crippen LogP contribution is -2.48. The molecule has 1 fully saturated rings. The van der Waals surface area contributed by atoms with E-state index >= 15 is 0 Å². The molecule has 1 amide bonds. The number of phenols is 1. The maximum absolute atomic E-state index is 12.5. The number of piperidine rings is 1. The Bertz CT molecular complexity index is 463. The van der Waals surface area contributed by atoms with Gasteiger partial charge < -0.3 is 15.3 Å². The second-order valence-electron chi connectivity index (χ2n) is 4.87. The molecule has 1 heterocycles. The summed E-state index contributed by atoms with van der Waals surface area (Å²) >= 11 is 5.86. The third-order valence-corrected chi connectivity index (χ3v) is 3.83. The first kappa shape index (κ1) is 14.2. The van der Waals surface area contributed by atoms with Gasteiger partial charge in [0.2, 0.25) is 0 Å². The van der Waals surface area contributed by atoms with Crippen molar-refractivity contribution in [1.82, 2.24) is 10.2 Å². The molecule has 0 radical (unpaired) electrons. The van der Waals surface area contributed by atoms with Crippen LogP contribution in [0.3, 0.4) is 0 Å². The van der Waals surface area contributed by atoms with Crippen LogP contribution in [0.15, 0.2) is 18.2 Å². The van der Waals surface area contributed by atoms with Crippen LogP contribution in [0.2, 0.25) is 5.02 Å². The fraction of sp³-hybridized carbons (Fsp3) is 0.500. The number of nitrogens with zero attached hydrogens (tertiary/aromatic N) is 1. The lowest BCUT2D eigenvalue weighted by Gasteiger charge is -2.35. The summed E-state index contributed by atoms with van der Waals surface area (Å²) < 4.78 is 0. The van der Waals surface area contributed by atoms with Gasteiger partial charge in [-0.25, -0.2) is 0 Å². The Balaban J connectivity index is 2.18. The summed E-state index contributed by atoms with van der Waals surface area (Å²) in [5.74, 6) is -0.00881. The molecule has 0 spiro atoms. The zero-order valence-corrected chi connectivity index (χ0v) is 11.8. The first-order chi connectivity index (χ1) is 9.13. The van der Waals surface area contributed by atoms with Crippen LogP contribution in [-0.4, -0.2) is 42.1 Å². The molecule has 1 saturated heterocycles. The van der Waals surface area contributed by atoms with Crippen molar-refractivity contribution in [3.8, 4) is 5.75 Å². The van der Waals surface area contributed by atoms with Gasteiger partial charge >= 0.3 is 0 Å². The topological polar surface area (TPSA) is 52.6 Å². The van der Waals surface area contributed by atoms with E-state index in [4.69, 9.17) is 11.6 Å². The third kappa shape index (κ3) is 3.19. The largest absolute Gasteiger partial charge is 0.506 e. The summed E-state index contributed by atoms with van der Waals surface area (Å²) in [6.07, 6.45) is 3.22. The minimum absolute atomic E-state index is 0.00337. The normalized spacial score (nSPS) is 19.5. The van der Waals surface area contributed by atoms with Gasteiger partial charge in [0.05, 0.1) is 5.02 Å². The third-order valence-electron chi connectivity index (χ3n) is 3.52. The zero-order chi connectivity index (χ0) is 13.8. The van der Waals surface area contributed by atoms with Crippen LogP contribution < -0.4 is 5.32 Å². The van der Waals surface area contributed by atoms with Gasteiger partial charge in [0, 0.05) is 24.7 Å². The second kappa shape index (κ2) is 6.26. The van der Waals surface area contributed by atoms with Gasteiger partial charge in [-0.2, -0.15) is 0 Å². The SMILES string of the molecule is CNCC1CCCCN1C(=O)c1ccc(O)c(Cl)c1. The minimum Gasteiger partial charge on any atom is -0.506 e. The van der Waals surface area contributed by atoms with Gasteiger partial charge in [0.25, 0.3) is 5.91 Å². The average Bonchev–Trinajstić information content (AvgIpc) is 2.42. The van der Waals surface area contributed by atoms with Crippen LogP contribution in [0, 0.1) is 0 Å². The van der Waals surface area contributed by atoms with Crippen molar-refractivity contribution in [2.24, 2.45) is 0 Å². The summed E-state index contributed by atoms with van der Waals surface area (Å²) in [5, 5.41) is 12.8. The average molecular weight is 283 g/mol. The van der Waals surface area contributed by atoms with Crippen molar-refractivity contribution in [3.05, 3.63) is 28.8 Å². The summed E-state index contributed by atoms with van der Waals surface area (Å²) in [5.41, 5.74) is 0.533. The van der Waals surface area contributed by atoms with Crippen molar-refractivity contribution < 1.29 is 9.90 Å². The van der Waals surface area contributed by atoms with Gasteiger partial charge in [-0.3, -0.25) is 4.79 Å². The van der Waals surface area contributed by atoms with Crippen molar-refractivity contribution in [2.45, 2.75) is 25.3 Å². The molecule has 1 unspecified atom stereocenters. The molecule has 1 aliphatic heterocycles. The highest BCUT2D eigenvalue weighted by molar-refractivity contribution is 6.32. The van der Waals surface area contributed by atoms with E-state index in [9.17, 15) is 9.90 Å². The van der Waals surface area contributed by atoms with Crippen LogP contribution in [0.25, 0.3) is 0 Å². The highest BCUT2D eigenvalue weighted by Crippen LogP contribution is 2.26. The Morgan fingerprint density at radius 3 is 3.00 bits per heavy atom. The number of amides is 1. The van der Waals surface area contributed by atoms with E-state index in [-0.39, 0.29) is 22.7 Å². The Hall–Kier alpha value is -1.26. The van der Waals surface area contributed by atoms with E-state index in [0.717, 1.165) is 32.4 Å². The molecule has 0 aromatic heterocycles. The predicted octanol–water partition coefficient (Wildman–Crippen LogP) is 2.26. The maximum Gasteiger partial charge on any atom is 0.254 e. The van der Waals surface area contributed by atoms with Crippen molar-refractivity contribution in [1.29, 1.82) is 0 Å². The molecule has 19 heavy (non-hydrogen) atoms. The van der Waals surface area contributed by atoms with E-state index in [1.54, 1.807) is 6.07 Å². The van der Waals surface area contributed by atoms with Crippen LogP contribution >= 0.6 is 11.6 Å². The fourth-order valence-corrected chi connectivity index (χ4v) is 2.70. The van der Waals surface area contributed by atoms with Gasteiger partial charge in [-0.05, 0) is 44.5 Å². The number of halogens is 1. The Morgan fingerprint density at radius 2 is 2.32 bits per heavy atom. The monoisotopic (exact) mass is 282 g/mol. The molecule has 0 aliphatic carbocycles. The van der Waals surface area contributed by atoms with Crippen LogP contribution in [0.5, 0.6) is 5.75 Å². The van der Waals surface area contributed by atoms with Crippen LogP contribution in [0.4, 0.5) is 0 Å². The van der Waals surface area contributed by atoms with Crippen LogP contribution in [0.1, 0.15) is 29.6 Å². The Kier molecular flexibility index (Phi) is 4.66. The number of nitrogens with one attached hydrogen (secondary N) is 1. The minimum atomic E-state index is -0.0122. The molecule has 1 aromatic carbocycles. The zero-order valence-electron chi connectivity index (χ0n) is 11.0. The number of rotatable bonds is 3. The molecular formula is C14H19ClN2O2. The predicted molar refractivity (Wildman–Crippen MR) is 75.7 cm³/mol. The molecule has 4 nitrogen and oxygen atoms in total. The second-order valence-corrected chi connectivity index (χ2v) is 5.28. The maximum atomic E-state index is 12.5. The Morgan fingerprint density at radius 1 is 1.53 bits per heavy atom. The highest BCUT2D eigenvalue weighted by atomic mass is 35.5. The molecule has 0 bridgehead atoms. The van der Waals surface area contributed by atoms with Crippen molar-refractivity contribution in [3.63, 3.8) is 0 Å². The summed E-state index contributed by atoms with van der Waals surface area (Å²) in [6, 6.07) is 4.85. The smallest absolute Gasteiger partial charge is 0.254 e. The van der Waals surface area contributed by atoms with E-state index in [1.165, 1.54) is 12.1 Å². The van der Waals surface area contributed by atoms with Crippen LogP contribution in [-0.2, 0) is 0 Å². The molecule has 1 atom stereocenters. The summed E-state index contributed by atoms with van der Waals surface area (Å²) in [4.78, 5) is 14.4. The number of phenolic OH excluding ortho intramolecular Hbond substituents is 1. The number of aromatic hydroxyl groups is 1. The van der Waals surface area contributed by atoms with Gasteiger partial charge in [0.15, 0.2) is 0 Å².